The van der Waals surface area contributed by atoms with Crippen LogP contribution in [0.1, 0.15) is 24.1 Å². The maximum absolute atomic E-state index is 12.7. The van der Waals surface area contributed by atoms with E-state index in [-0.39, 0.29) is 11.6 Å². The fourth-order valence-electron chi connectivity index (χ4n) is 2.53. The van der Waals surface area contributed by atoms with E-state index in [9.17, 15) is 4.79 Å². The minimum absolute atomic E-state index is 0.00255. The molecule has 3 aromatic rings. The van der Waals surface area contributed by atoms with Gasteiger partial charge < -0.3 is 0 Å². The minimum atomic E-state index is -0.00379. The second-order valence-corrected chi connectivity index (χ2v) is 5.44. The lowest BCUT2D eigenvalue weighted by atomic mass is 10.1. The summed E-state index contributed by atoms with van der Waals surface area (Å²) in [5.74, 6) is 0. The molecule has 108 valence electrons. The first kappa shape index (κ1) is 13.5. The molecule has 0 fully saturated rings. The molecule has 0 spiro atoms. The van der Waals surface area contributed by atoms with Gasteiger partial charge in [0.25, 0.3) is 5.56 Å². The first-order valence-corrected chi connectivity index (χ1v) is 7.02. The van der Waals surface area contributed by atoms with Crippen LogP contribution in [0.3, 0.4) is 0 Å². The Morgan fingerprint density at radius 2 is 2.10 bits per heavy atom. The molecule has 2 aromatic heterocycles. The molecule has 21 heavy (non-hydrogen) atoms. The fraction of sp³-hybridized carbons (Fsp3) is 0.312. The minimum Gasteiger partial charge on any atom is -0.294 e. The summed E-state index contributed by atoms with van der Waals surface area (Å²) < 4.78 is 3.50. The number of nitrogens with zero attached hydrogens (tertiary/aromatic N) is 4. The van der Waals surface area contributed by atoms with Gasteiger partial charge in [0, 0.05) is 12.4 Å². The number of benzene rings is 1. The highest BCUT2D eigenvalue weighted by Crippen LogP contribution is 2.17. The van der Waals surface area contributed by atoms with Crippen molar-refractivity contribution in [2.24, 2.45) is 0 Å². The second-order valence-electron chi connectivity index (χ2n) is 5.44. The Hall–Kier alpha value is -2.43. The third-order valence-electron chi connectivity index (χ3n) is 3.96. The lowest BCUT2D eigenvalue weighted by Crippen LogP contribution is -2.26. The van der Waals surface area contributed by atoms with Crippen molar-refractivity contribution >= 4 is 10.9 Å². The Labute approximate surface area is 122 Å². The number of aryl methyl sites for hydroxylation is 2. The molecular formula is C16H18N4O. The standard InChI is InChI=1S/C16H18N4O/c1-11-5-6-14-15(13(11)3)17-10-20(16(14)21)12(2)9-19-8-4-7-18-19/h4-8,10,12H,9H2,1-3H3/t12-/m1/s1. The van der Waals surface area contributed by atoms with Gasteiger partial charge in [-0.3, -0.25) is 14.0 Å². The average molecular weight is 282 g/mol. The van der Waals surface area contributed by atoms with Crippen molar-refractivity contribution in [3.8, 4) is 0 Å². The second kappa shape index (κ2) is 5.16. The molecule has 0 radical (unpaired) electrons. The first-order chi connectivity index (χ1) is 10.1. The molecule has 1 aromatic carbocycles. The largest absolute Gasteiger partial charge is 0.294 e. The van der Waals surface area contributed by atoms with Gasteiger partial charge in [-0.15, -0.1) is 0 Å². The smallest absolute Gasteiger partial charge is 0.261 e. The molecule has 5 nitrogen and oxygen atoms in total. The molecule has 0 N–H and O–H groups in total. The monoisotopic (exact) mass is 282 g/mol. The molecule has 3 rings (SSSR count). The van der Waals surface area contributed by atoms with E-state index in [4.69, 9.17) is 0 Å². The van der Waals surface area contributed by atoms with Crippen molar-refractivity contribution in [1.82, 2.24) is 19.3 Å². The summed E-state index contributed by atoms with van der Waals surface area (Å²) >= 11 is 0. The normalized spacial score (nSPS) is 12.7. The summed E-state index contributed by atoms with van der Waals surface area (Å²) in [7, 11) is 0. The van der Waals surface area contributed by atoms with Gasteiger partial charge in [-0.2, -0.15) is 5.10 Å². The third kappa shape index (κ3) is 2.35. The van der Waals surface area contributed by atoms with Gasteiger partial charge in [0.2, 0.25) is 0 Å². The molecule has 0 saturated heterocycles. The molecule has 0 aliphatic carbocycles. The zero-order valence-corrected chi connectivity index (χ0v) is 12.4. The van der Waals surface area contributed by atoms with Crippen molar-refractivity contribution in [2.45, 2.75) is 33.4 Å². The topological polar surface area (TPSA) is 52.7 Å². The SMILES string of the molecule is Cc1ccc2c(=O)n([C@H](C)Cn3cccn3)cnc2c1C. The van der Waals surface area contributed by atoms with Gasteiger partial charge in [-0.25, -0.2) is 4.98 Å². The maximum Gasteiger partial charge on any atom is 0.261 e. The first-order valence-electron chi connectivity index (χ1n) is 7.02. The highest BCUT2D eigenvalue weighted by Gasteiger charge is 2.12. The van der Waals surface area contributed by atoms with Crippen molar-refractivity contribution in [1.29, 1.82) is 0 Å². The number of fused-ring (bicyclic) bond motifs is 1. The van der Waals surface area contributed by atoms with Crippen molar-refractivity contribution < 1.29 is 0 Å². The van der Waals surface area contributed by atoms with Crippen molar-refractivity contribution in [2.75, 3.05) is 0 Å². The van der Waals surface area contributed by atoms with Crippen LogP contribution in [0.5, 0.6) is 0 Å². The van der Waals surface area contributed by atoms with Gasteiger partial charge in [0.05, 0.1) is 29.8 Å². The Bertz CT molecular complexity index is 833. The van der Waals surface area contributed by atoms with Crippen LogP contribution in [-0.2, 0) is 6.54 Å². The van der Waals surface area contributed by atoms with Gasteiger partial charge >= 0.3 is 0 Å². The predicted octanol–water partition coefficient (Wildman–Crippen LogP) is 2.47. The van der Waals surface area contributed by atoms with Crippen molar-refractivity contribution in [3.63, 3.8) is 0 Å². The Kier molecular flexibility index (Phi) is 3.33. The molecule has 2 heterocycles. The number of aromatic nitrogens is 4. The van der Waals surface area contributed by atoms with Crippen LogP contribution >= 0.6 is 0 Å². The van der Waals surface area contributed by atoms with Gasteiger partial charge in [-0.1, -0.05) is 6.07 Å². The fourth-order valence-corrected chi connectivity index (χ4v) is 2.53. The van der Waals surface area contributed by atoms with E-state index in [1.165, 1.54) is 0 Å². The summed E-state index contributed by atoms with van der Waals surface area (Å²) in [5, 5.41) is 4.85. The average Bonchev–Trinajstić information content (AvgIpc) is 2.96. The van der Waals surface area contributed by atoms with Crippen molar-refractivity contribution in [3.05, 3.63) is 58.4 Å². The molecule has 0 unspecified atom stereocenters. The molecule has 5 heteroatoms. The van der Waals surface area contributed by atoms with E-state index in [1.54, 1.807) is 17.1 Å². The third-order valence-corrected chi connectivity index (χ3v) is 3.96. The molecule has 0 amide bonds. The number of hydrogen-bond donors (Lipinski definition) is 0. The summed E-state index contributed by atoms with van der Waals surface area (Å²) in [4.78, 5) is 17.1. The molecule has 0 aliphatic heterocycles. The highest BCUT2D eigenvalue weighted by molar-refractivity contribution is 5.81. The van der Waals surface area contributed by atoms with Crippen LogP contribution in [0.2, 0.25) is 0 Å². The van der Waals surface area contributed by atoms with Crippen LogP contribution in [-0.4, -0.2) is 19.3 Å². The zero-order valence-electron chi connectivity index (χ0n) is 12.4. The van der Waals surface area contributed by atoms with E-state index in [2.05, 4.69) is 10.1 Å². The Morgan fingerprint density at radius 3 is 2.81 bits per heavy atom. The van der Waals surface area contributed by atoms with Crippen LogP contribution in [0.25, 0.3) is 10.9 Å². The lowest BCUT2D eigenvalue weighted by molar-refractivity contribution is 0.426. The van der Waals surface area contributed by atoms with Gasteiger partial charge in [0.15, 0.2) is 0 Å². The maximum atomic E-state index is 12.7. The van der Waals surface area contributed by atoms with Gasteiger partial charge in [-0.05, 0) is 44.0 Å². The van der Waals surface area contributed by atoms with E-state index >= 15 is 0 Å². The van der Waals surface area contributed by atoms with E-state index in [0.717, 1.165) is 16.6 Å². The predicted molar refractivity (Wildman–Crippen MR) is 82.4 cm³/mol. The van der Waals surface area contributed by atoms with E-state index < -0.39 is 0 Å². The number of rotatable bonds is 3. The summed E-state index contributed by atoms with van der Waals surface area (Å²) in [6, 6.07) is 5.71. The molecule has 1 atom stereocenters. The van der Waals surface area contributed by atoms with E-state index in [1.807, 2.05) is 49.8 Å². The summed E-state index contributed by atoms with van der Waals surface area (Å²) in [6.07, 6.45) is 5.27. The lowest BCUT2D eigenvalue weighted by Gasteiger charge is -2.16. The van der Waals surface area contributed by atoms with Crippen LogP contribution in [0.4, 0.5) is 0 Å². The quantitative estimate of drug-likeness (QED) is 0.741. The Morgan fingerprint density at radius 1 is 1.29 bits per heavy atom. The zero-order chi connectivity index (χ0) is 15.0. The highest BCUT2D eigenvalue weighted by atomic mass is 16.1. The number of hydrogen-bond acceptors (Lipinski definition) is 3. The van der Waals surface area contributed by atoms with Gasteiger partial charge in [0.1, 0.15) is 0 Å². The Balaban J connectivity index is 2.06. The van der Waals surface area contributed by atoms with E-state index in [0.29, 0.717) is 11.9 Å². The molecule has 0 aliphatic rings. The summed E-state index contributed by atoms with van der Waals surface area (Å²) in [5.41, 5.74) is 3.01. The van der Waals surface area contributed by atoms with Crippen LogP contribution < -0.4 is 5.56 Å². The molecular weight excluding hydrogens is 264 g/mol. The molecule has 0 bridgehead atoms. The van der Waals surface area contributed by atoms with Crippen LogP contribution in [0, 0.1) is 13.8 Å². The molecule has 0 saturated carbocycles. The van der Waals surface area contributed by atoms with Crippen LogP contribution in [0.15, 0.2) is 41.7 Å². The summed E-state index contributed by atoms with van der Waals surface area (Å²) in [6.45, 7) is 6.67.